The van der Waals surface area contributed by atoms with Crippen LogP contribution in [0.2, 0.25) is 0 Å². The molecule has 0 bridgehead atoms. The third-order valence-corrected chi connectivity index (χ3v) is 4.01. The molecule has 0 aliphatic heterocycles. The summed E-state index contributed by atoms with van der Waals surface area (Å²) in [6.45, 7) is 8.44. The van der Waals surface area contributed by atoms with Crippen molar-refractivity contribution in [2.75, 3.05) is 18.5 Å². The van der Waals surface area contributed by atoms with Crippen LogP contribution in [-0.4, -0.2) is 30.8 Å². The highest BCUT2D eigenvalue weighted by Crippen LogP contribution is 2.16. The number of hydrogen-bond donors (Lipinski definition) is 2. The summed E-state index contributed by atoms with van der Waals surface area (Å²) in [6.07, 6.45) is 0.168. The van der Waals surface area contributed by atoms with Crippen molar-refractivity contribution in [1.29, 1.82) is 0 Å². The van der Waals surface area contributed by atoms with Crippen LogP contribution in [0.5, 0.6) is 0 Å². The molecule has 1 unspecified atom stereocenters. The summed E-state index contributed by atoms with van der Waals surface area (Å²) in [5, 5.41) is 5.51. The summed E-state index contributed by atoms with van der Waals surface area (Å²) in [4.78, 5) is 24.2. The van der Waals surface area contributed by atoms with E-state index < -0.39 is 11.7 Å². The summed E-state index contributed by atoms with van der Waals surface area (Å²) in [5.41, 5.74) is 1.52. The van der Waals surface area contributed by atoms with Crippen molar-refractivity contribution >= 4 is 17.7 Å². The van der Waals surface area contributed by atoms with Crippen LogP contribution in [0.1, 0.15) is 56.1 Å². The quantitative estimate of drug-likeness (QED) is 0.618. The van der Waals surface area contributed by atoms with Gasteiger partial charge < -0.3 is 14.8 Å². The van der Waals surface area contributed by atoms with Crippen LogP contribution >= 0.6 is 0 Å². The predicted octanol–water partition coefficient (Wildman–Crippen LogP) is 4.93. The molecule has 6 nitrogen and oxygen atoms in total. The van der Waals surface area contributed by atoms with Crippen molar-refractivity contribution in [1.82, 2.24) is 5.32 Å². The average molecular weight is 399 g/mol. The van der Waals surface area contributed by atoms with E-state index in [1.165, 1.54) is 0 Å². The Balaban J connectivity index is 1.74. The summed E-state index contributed by atoms with van der Waals surface area (Å²) in [5.74, 6) is -0.200. The molecule has 2 aromatic rings. The Hall–Kier alpha value is -2.86. The minimum Gasteiger partial charge on any atom is -0.444 e. The van der Waals surface area contributed by atoms with Gasteiger partial charge in [0.2, 0.25) is 0 Å². The maximum atomic E-state index is 12.3. The molecule has 2 amide bonds. The number of carbonyl (C=O) groups excluding carboxylic acids is 2. The molecule has 0 fully saturated rings. The van der Waals surface area contributed by atoms with Crippen LogP contribution < -0.4 is 10.6 Å². The Morgan fingerprint density at radius 1 is 1.03 bits per heavy atom. The smallest absolute Gasteiger partial charge is 0.412 e. The molecule has 2 rings (SSSR count). The lowest BCUT2D eigenvalue weighted by atomic mass is 10.1. The lowest BCUT2D eigenvalue weighted by Crippen LogP contribution is -2.27. The molecule has 0 saturated heterocycles. The van der Waals surface area contributed by atoms with E-state index in [0.717, 1.165) is 5.56 Å². The molecule has 0 heterocycles. The third-order valence-electron chi connectivity index (χ3n) is 4.01. The van der Waals surface area contributed by atoms with Crippen LogP contribution in [0, 0.1) is 0 Å². The Morgan fingerprint density at radius 3 is 2.45 bits per heavy atom. The third kappa shape index (κ3) is 8.35. The fraction of sp³-hybridized carbons (Fsp3) is 0.391. The topological polar surface area (TPSA) is 76.7 Å². The standard InChI is InChI=1S/C23H30N2O4/c1-17(18-10-6-5-7-11-18)28-15-9-14-24-21(26)19-12-8-13-20(16-19)25-22(27)29-23(2,3)4/h5-8,10-13,16-17H,9,14-15H2,1-4H3,(H,24,26)(H,25,27). The number of nitrogens with one attached hydrogen (secondary N) is 2. The van der Waals surface area contributed by atoms with Crippen LogP contribution in [0.25, 0.3) is 0 Å². The second kappa shape index (κ2) is 10.6. The van der Waals surface area contributed by atoms with E-state index in [0.29, 0.717) is 30.8 Å². The van der Waals surface area contributed by atoms with Gasteiger partial charge >= 0.3 is 6.09 Å². The summed E-state index contributed by atoms with van der Waals surface area (Å²) >= 11 is 0. The summed E-state index contributed by atoms with van der Waals surface area (Å²) in [6, 6.07) is 16.8. The van der Waals surface area contributed by atoms with Gasteiger partial charge in [-0.15, -0.1) is 0 Å². The van der Waals surface area contributed by atoms with Gasteiger partial charge in [-0.3, -0.25) is 10.1 Å². The van der Waals surface area contributed by atoms with Crippen LogP contribution in [0.4, 0.5) is 10.5 Å². The molecule has 0 aliphatic rings. The average Bonchev–Trinajstić information content (AvgIpc) is 2.66. The molecule has 0 radical (unpaired) electrons. The Kier molecular flexibility index (Phi) is 8.21. The number of ether oxygens (including phenoxy) is 2. The zero-order valence-electron chi connectivity index (χ0n) is 17.5. The van der Waals surface area contributed by atoms with Gasteiger partial charge in [-0.25, -0.2) is 4.79 Å². The molecule has 1 atom stereocenters. The fourth-order valence-corrected chi connectivity index (χ4v) is 2.62. The van der Waals surface area contributed by atoms with Gasteiger partial charge in [-0.2, -0.15) is 0 Å². The maximum Gasteiger partial charge on any atom is 0.412 e. The molecule has 29 heavy (non-hydrogen) atoms. The highest BCUT2D eigenvalue weighted by molar-refractivity contribution is 5.96. The van der Waals surface area contributed by atoms with E-state index in [4.69, 9.17) is 9.47 Å². The zero-order chi connectivity index (χ0) is 21.3. The van der Waals surface area contributed by atoms with Crippen molar-refractivity contribution in [3.8, 4) is 0 Å². The molecular formula is C23H30N2O4. The number of anilines is 1. The minimum absolute atomic E-state index is 0.0162. The van der Waals surface area contributed by atoms with Crippen molar-refractivity contribution < 1.29 is 19.1 Å². The molecule has 6 heteroatoms. The summed E-state index contributed by atoms with van der Waals surface area (Å²) in [7, 11) is 0. The Bertz CT molecular complexity index is 800. The van der Waals surface area contributed by atoms with Crippen LogP contribution in [0.3, 0.4) is 0 Å². The predicted molar refractivity (Wildman–Crippen MR) is 114 cm³/mol. The van der Waals surface area contributed by atoms with Gasteiger partial charge in [0.15, 0.2) is 0 Å². The molecule has 156 valence electrons. The number of carbonyl (C=O) groups is 2. The van der Waals surface area contributed by atoms with Gasteiger partial charge in [-0.05, 0) is 57.9 Å². The molecule has 0 saturated carbocycles. The van der Waals surface area contributed by atoms with Crippen molar-refractivity contribution in [3.63, 3.8) is 0 Å². The van der Waals surface area contributed by atoms with Gasteiger partial charge in [-0.1, -0.05) is 36.4 Å². The second-order valence-corrected chi connectivity index (χ2v) is 7.74. The first-order valence-electron chi connectivity index (χ1n) is 9.79. The maximum absolute atomic E-state index is 12.3. The first kappa shape index (κ1) is 22.4. The monoisotopic (exact) mass is 398 g/mol. The Labute approximate surface area is 172 Å². The van der Waals surface area contributed by atoms with Crippen molar-refractivity contribution in [2.45, 2.75) is 45.8 Å². The fourth-order valence-electron chi connectivity index (χ4n) is 2.62. The van der Waals surface area contributed by atoms with Crippen molar-refractivity contribution in [2.24, 2.45) is 0 Å². The molecule has 2 N–H and O–H groups in total. The zero-order valence-corrected chi connectivity index (χ0v) is 17.5. The second-order valence-electron chi connectivity index (χ2n) is 7.74. The van der Waals surface area contributed by atoms with E-state index in [1.54, 1.807) is 45.0 Å². The molecule has 0 aliphatic carbocycles. The van der Waals surface area contributed by atoms with E-state index >= 15 is 0 Å². The minimum atomic E-state index is -0.584. The van der Waals surface area contributed by atoms with E-state index in [-0.39, 0.29) is 12.0 Å². The first-order valence-corrected chi connectivity index (χ1v) is 9.79. The van der Waals surface area contributed by atoms with E-state index in [9.17, 15) is 9.59 Å². The Morgan fingerprint density at radius 2 is 1.76 bits per heavy atom. The number of benzene rings is 2. The molecule has 0 aromatic heterocycles. The van der Waals surface area contributed by atoms with Crippen LogP contribution in [-0.2, 0) is 9.47 Å². The molecule has 0 spiro atoms. The van der Waals surface area contributed by atoms with Gasteiger partial charge in [0, 0.05) is 24.4 Å². The van der Waals surface area contributed by atoms with E-state index in [2.05, 4.69) is 10.6 Å². The lowest BCUT2D eigenvalue weighted by molar-refractivity contribution is 0.0629. The molecule has 2 aromatic carbocycles. The first-order chi connectivity index (χ1) is 13.7. The summed E-state index contributed by atoms with van der Waals surface area (Å²) < 4.78 is 11.0. The number of rotatable bonds is 8. The highest BCUT2D eigenvalue weighted by Gasteiger charge is 2.16. The van der Waals surface area contributed by atoms with Gasteiger partial charge in [0.05, 0.1) is 6.10 Å². The van der Waals surface area contributed by atoms with Gasteiger partial charge in [0.1, 0.15) is 5.60 Å². The largest absolute Gasteiger partial charge is 0.444 e. The normalized spacial score (nSPS) is 12.1. The van der Waals surface area contributed by atoms with Gasteiger partial charge in [0.25, 0.3) is 5.91 Å². The SMILES string of the molecule is CC(OCCCNC(=O)c1cccc(NC(=O)OC(C)(C)C)c1)c1ccccc1. The highest BCUT2D eigenvalue weighted by atomic mass is 16.6. The molecular weight excluding hydrogens is 368 g/mol. The van der Waals surface area contributed by atoms with Crippen molar-refractivity contribution in [3.05, 3.63) is 65.7 Å². The van der Waals surface area contributed by atoms with Crippen LogP contribution in [0.15, 0.2) is 54.6 Å². The lowest BCUT2D eigenvalue weighted by Gasteiger charge is -2.19. The number of hydrogen-bond acceptors (Lipinski definition) is 4. The van der Waals surface area contributed by atoms with E-state index in [1.807, 2.05) is 37.3 Å². The number of amides is 2.